The maximum atomic E-state index is 8.59. The highest BCUT2D eigenvalue weighted by Gasteiger charge is 2.03. The highest BCUT2D eigenvalue weighted by Crippen LogP contribution is 2.00. The van der Waals surface area contributed by atoms with E-state index in [1.54, 1.807) is 0 Å². The van der Waals surface area contributed by atoms with Gasteiger partial charge < -0.3 is 5.32 Å². The lowest BCUT2D eigenvalue weighted by Gasteiger charge is -2.13. The van der Waals surface area contributed by atoms with Gasteiger partial charge in [0.05, 0.1) is 12.5 Å². The molecule has 1 aromatic carbocycles. The summed E-state index contributed by atoms with van der Waals surface area (Å²) >= 11 is 0. The van der Waals surface area contributed by atoms with Crippen molar-refractivity contribution in [2.24, 2.45) is 0 Å². The minimum atomic E-state index is 0.346. The van der Waals surface area contributed by atoms with Gasteiger partial charge in [-0.15, -0.1) is 0 Å². The first-order valence-corrected chi connectivity index (χ1v) is 5.51. The van der Waals surface area contributed by atoms with Gasteiger partial charge in [-0.05, 0) is 24.9 Å². The maximum absolute atomic E-state index is 8.59. The molecular weight excluding hydrogens is 184 g/mol. The molecule has 2 heteroatoms. The first kappa shape index (κ1) is 11.7. The molecule has 0 spiro atoms. The van der Waals surface area contributed by atoms with Crippen LogP contribution >= 0.6 is 0 Å². The van der Waals surface area contributed by atoms with Gasteiger partial charge in [-0.25, -0.2) is 0 Å². The summed E-state index contributed by atoms with van der Waals surface area (Å²) in [4.78, 5) is 0. The fourth-order valence-corrected chi connectivity index (χ4v) is 1.54. The molecule has 80 valence electrons. The van der Waals surface area contributed by atoms with Crippen molar-refractivity contribution in [3.8, 4) is 6.07 Å². The standard InChI is InChI=1S/C13H18N2/c1-2-13(8-10-14)15-11-9-12-6-4-3-5-7-12/h3-7,13,15H,2,8-9,11H2,1H3. The molecule has 1 atom stereocenters. The molecule has 0 saturated carbocycles. The van der Waals surface area contributed by atoms with E-state index in [9.17, 15) is 0 Å². The van der Waals surface area contributed by atoms with Crippen LogP contribution in [0.25, 0.3) is 0 Å². The highest BCUT2D eigenvalue weighted by atomic mass is 14.9. The van der Waals surface area contributed by atoms with Crippen molar-refractivity contribution in [1.82, 2.24) is 5.32 Å². The number of nitrogens with zero attached hydrogens (tertiary/aromatic N) is 1. The third-order valence-corrected chi connectivity index (χ3v) is 2.52. The van der Waals surface area contributed by atoms with Crippen molar-refractivity contribution < 1.29 is 0 Å². The van der Waals surface area contributed by atoms with Crippen LogP contribution in [0.4, 0.5) is 0 Å². The summed E-state index contributed by atoms with van der Waals surface area (Å²) in [5.74, 6) is 0. The number of nitrogens with one attached hydrogen (secondary N) is 1. The van der Waals surface area contributed by atoms with Crippen molar-refractivity contribution in [1.29, 1.82) is 5.26 Å². The van der Waals surface area contributed by atoms with Crippen LogP contribution in [-0.4, -0.2) is 12.6 Å². The third-order valence-electron chi connectivity index (χ3n) is 2.52. The summed E-state index contributed by atoms with van der Waals surface area (Å²) in [5.41, 5.74) is 1.34. The van der Waals surface area contributed by atoms with Gasteiger partial charge in [0.25, 0.3) is 0 Å². The average Bonchev–Trinajstić information content (AvgIpc) is 2.29. The summed E-state index contributed by atoms with van der Waals surface area (Å²) < 4.78 is 0. The molecule has 15 heavy (non-hydrogen) atoms. The second-order valence-corrected chi connectivity index (χ2v) is 3.66. The first-order chi connectivity index (χ1) is 7.36. The molecule has 0 saturated heterocycles. The Balaban J connectivity index is 2.24. The SMILES string of the molecule is CCC(CC#N)NCCc1ccccc1. The minimum Gasteiger partial charge on any atom is -0.313 e. The van der Waals surface area contributed by atoms with Gasteiger partial charge in [0.1, 0.15) is 0 Å². The lowest BCUT2D eigenvalue weighted by Crippen LogP contribution is -2.29. The molecule has 0 fully saturated rings. The van der Waals surface area contributed by atoms with E-state index in [1.165, 1.54) is 5.56 Å². The molecule has 1 aromatic rings. The molecule has 2 nitrogen and oxygen atoms in total. The van der Waals surface area contributed by atoms with Gasteiger partial charge in [0.2, 0.25) is 0 Å². The Bertz CT molecular complexity index is 300. The predicted octanol–water partition coefficient (Wildman–Crippen LogP) is 2.51. The number of nitriles is 1. The maximum Gasteiger partial charge on any atom is 0.0638 e. The van der Waals surface area contributed by atoms with Crippen molar-refractivity contribution in [2.45, 2.75) is 32.2 Å². The molecule has 0 aliphatic rings. The quantitative estimate of drug-likeness (QED) is 0.769. The largest absolute Gasteiger partial charge is 0.313 e. The van der Waals surface area contributed by atoms with E-state index in [0.717, 1.165) is 19.4 Å². The Morgan fingerprint density at radius 2 is 2.07 bits per heavy atom. The van der Waals surface area contributed by atoms with Crippen molar-refractivity contribution in [3.63, 3.8) is 0 Å². The Kier molecular flexibility index (Phi) is 5.50. The van der Waals surface area contributed by atoms with Gasteiger partial charge in [0.15, 0.2) is 0 Å². The van der Waals surface area contributed by atoms with Gasteiger partial charge in [0, 0.05) is 6.04 Å². The molecule has 1 N–H and O–H groups in total. The third kappa shape index (κ3) is 4.62. The zero-order chi connectivity index (χ0) is 10.9. The van der Waals surface area contributed by atoms with Crippen LogP contribution in [0.1, 0.15) is 25.3 Å². The second-order valence-electron chi connectivity index (χ2n) is 3.66. The Morgan fingerprint density at radius 3 is 2.67 bits per heavy atom. The van der Waals surface area contributed by atoms with E-state index in [0.29, 0.717) is 12.5 Å². The smallest absolute Gasteiger partial charge is 0.0638 e. The van der Waals surface area contributed by atoms with Gasteiger partial charge in [-0.1, -0.05) is 37.3 Å². The fourth-order valence-electron chi connectivity index (χ4n) is 1.54. The Morgan fingerprint density at radius 1 is 1.33 bits per heavy atom. The molecule has 1 unspecified atom stereocenters. The lowest BCUT2D eigenvalue weighted by molar-refractivity contribution is 0.509. The summed E-state index contributed by atoms with van der Waals surface area (Å²) in [6.07, 6.45) is 2.65. The van der Waals surface area contributed by atoms with Crippen molar-refractivity contribution >= 4 is 0 Å². The number of hydrogen-bond acceptors (Lipinski definition) is 2. The Hall–Kier alpha value is -1.33. The number of hydrogen-bond donors (Lipinski definition) is 1. The summed E-state index contributed by atoms with van der Waals surface area (Å²) in [5, 5.41) is 12.0. The summed E-state index contributed by atoms with van der Waals surface area (Å²) in [7, 11) is 0. The first-order valence-electron chi connectivity index (χ1n) is 5.51. The van der Waals surface area contributed by atoms with Crippen molar-refractivity contribution in [3.05, 3.63) is 35.9 Å². The van der Waals surface area contributed by atoms with Gasteiger partial charge >= 0.3 is 0 Å². The molecule has 1 rings (SSSR count). The van der Waals surface area contributed by atoms with Gasteiger partial charge in [-0.3, -0.25) is 0 Å². The highest BCUT2D eigenvalue weighted by molar-refractivity contribution is 5.14. The number of rotatable bonds is 6. The minimum absolute atomic E-state index is 0.346. The van der Waals surface area contributed by atoms with Crippen LogP contribution in [0, 0.1) is 11.3 Å². The van der Waals surface area contributed by atoms with Crippen LogP contribution in [0.2, 0.25) is 0 Å². The lowest BCUT2D eigenvalue weighted by atomic mass is 10.1. The second kappa shape index (κ2) is 7.03. The normalized spacial score (nSPS) is 12.0. The molecule has 0 aliphatic carbocycles. The van der Waals surface area contributed by atoms with Crippen LogP contribution < -0.4 is 5.32 Å². The average molecular weight is 202 g/mol. The molecule has 0 radical (unpaired) electrons. The zero-order valence-corrected chi connectivity index (χ0v) is 9.24. The van der Waals surface area contributed by atoms with Crippen LogP contribution in [-0.2, 0) is 6.42 Å². The van der Waals surface area contributed by atoms with E-state index in [-0.39, 0.29) is 0 Å². The molecular formula is C13H18N2. The Labute approximate surface area is 91.9 Å². The molecule has 0 heterocycles. The fraction of sp³-hybridized carbons (Fsp3) is 0.462. The van der Waals surface area contributed by atoms with Crippen LogP contribution in [0.15, 0.2) is 30.3 Å². The summed E-state index contributed by atoms with van der Waals surface area (Å²) in [6.45, 7) is 3.06. The van der Waals surface area contributed by atoms with E-state index in [4.69, 9.17) is 5.26 Å². The molecule has 0 aromatic heterocycles. The van der Waals surface area contributed by atoms with E-state index in [1.807, 2.05) is 6.07 Å². The van der Waals surface area contributed by atoms with Crippen LogP contribution in [0.5, 0.6) is 0 Å². The summed E-state index contributed by atoms with van der Waals surface area (Å²) in [6, 6.07) is 13.0. The number of benzene rings is 1. The zero-order valence-electron chi connectivity index (χ0n) is 9.24. The van der Waals surface area contributed by atoms with E-state index < -0.39 is 0 Å². The van der Waals surface area contributed by atoms with E-state index >= 15 is 0 Å². The molecule has 0 aliphatic heterocycles. The molecule has 0 amide bonds. The van der Waals surface area contributed by atoms with E-state index in [2.05, 4.69) is 42.6 Å². The van der Waals surface area contributed by atoms with Crippen LogP contribution in [0.3, 0.4) is 0 Å². The molecule has 0 bridgehead atoms. The topological polar surface area (TPSA) is 35.8 Å². The van der Waals surface area contributed by atoms with Crippen molar-refractivity contribution in [2.75, 3.05) is 6.54 Å². The van der Waals surface area contributed by atoms with Gasteiger partial charge in [-0.2, -0.15) is 5.26 Å². The predicted molar refractivity (Wildman–Crippen MR) is 62.5 cm³/mol. The monoisotopic (exact) mass is 202 g/mol.